The smallest absolute Gasteiger partial charge is 0.310 e. The van der Waals surface area contributed by atoms with E-state index in [1.165, 1.54) is 16.2 Å². The minimum absolute atomic E-state index is 0.0703. The molecule has 0 saturated carbocycles. The SMILES string of the molecule is CCC(CC)(CC(=O)Nc1sc2c(c1C#N)CC[C@@H](C)C2)C(=O)O. The normalized spacial score (nSPS) is 17.0. The van der Waals surface area contributed by atoms with Gasteiger partial charge in [0.25, 0.3) is 0 Å². The van der Waals surface area contributed by atoms with Gasteiger partial charge in [0.2, 0.25) is 5.91 Å². The summed E-state index contributed by atoms with van der Waals surface area (Å²) in [5, 5.41) is 22.3. The molecule has 1 aliphatic carbocycles. The number of thiophene rings is 1. The highest BCUT2D eigenvalue weighted by molar-refractivity contribution is 7.16. The molecule has 0 radical (unpaired) electrons. The van der Waals surface area contributed by atoms with Gasteiger partial charge in [-0.2, -0.15) is 5.26 Å². The summed E-state index contributed by atoms with van der Waals surface area (Å²) in [6.45, 7) is 5.77. The van der Waals surface area contributed by atoms with Gasteiger partial charge in [0.15, 0.2) is 0 Å². The zero-order valence-electron chi connectivity index (χ0n) is 14.4. The highest BCUT2D eigenvalue weighted by atomic mass is 32.1. The molecular weight excluding hydrogens is 324 g/mol. The van der Waals surface area contributed by atoms with Crippen molar-refractivity contribution >= 4 is 28.2 Å². The van der Waals surface area contributed by atoms with E-state index in [2.05, 4.69) is 18.3 Å². The van der Waals surface area contributed by atoms with Crippen LogP contribution in [-0.4, -0.2) is 17.0 Å². The van der Waals surface area contributed by atoms with E-state index in [-0.39, 0.29) is 12.3 Å². The Labute approximate surface area is 146 Å². The molecule has 1 atom stereocenters. The van der Waals surface area contributed by atoms with Crippen molar-refractivity contribution in [3.63, 3.8) is 0 Å². The molecule has 1 aromatic heterocycles. The maximum atomic E-state index is 12.4. The van der Waals surface area contributed by atoms with Gasteiger partial charge in [0, 0.05) is 11.3 Å². The van der Waals surface area contributed by atoms with Crippen LogP contribution in [0.25, 0.3) is 0 Å². The van der Waals surface area contributed by atoms with Crippen LogP contribution in [0, 0.1) is 22.7 Å². The van der Waals surface area contributed by atoms with E-state index in [0.29, 0.717) is 29.3 Å². The van der Waals surface area contributed by atoms with Crippen molar-refractivity contribution in [3.05, 3.63) is 16.0 Å². The van der Waals surface area contributed by atoms with Gasteiger partial charge in [-0.15, -0.1) is 11.3 Å². The van der Waals surface area contributed by atoms with Crippen LogP contribution in [0.5, 0.6) is 0 Å². The van der Waals surface area contributed by atoms with Crippen LogP contribution in [0.15, 0.2) is 0 Å². The Bertz CT molecular complexity index is 683. The molecule has 0 aromatic carbocycles. The van der Waals surface area contributed by atoms with Crippen LogP contribution in [0.2, 0.25) is 0 Å². The minimum atomic E-state index is -1.04. The fourth-order valence-electron chi connectivity index (χ4n) is 3.31. The van der Waals surface area contributed by atoms with Crippen LogP contribution in [-0.2, 0) is 22.4 Å². The number of nitriles is 1. The number of carboxylic acid groups (broad SMARTS) is 1. The first-order valence-electron chi connectivity index (χ1n) is 8.44. The number of nitrogens with zero attached hydrogens (tertiary/aromatic N) is 1. The first-order chi connectivity index (χ1) is 11.4. The number of hydrogen-bond acceptors (Lipinski definition) is 4. The van der Waals surface area contributed by atoms with E-state index >= 15 is 0 Å². The standard InChI is InChI=1S/C18H24N2O3S/c1-4-18(5-2,17(22)23)9-15(21)20-16-13(10-19)12-7-6-11(3)8-14(12)24-16/h11H,4-9H2,1-3H3,(H,20,21)(H,22,23)/t11-/m1/s1. The summed E-state index contributed by atoms with van der Waals surface area (Å²) in [6.07, 6.45) is 3.59. The molecule has 0 unspecified atom stereocenters. The van der Waals surface area contributed by atoms with E-state index in [0.717, 1.165) is 24.8 Å². The van der Waals surface area contributed by atoms with Crippen molar-refractivity contribution in [1.82, 2.24) is 0 Å². The van der Waals surface area contributed by atoms with Crippen LogP contribution >= 0.6 is 11.3 Å². The number of nitrogens with one attached hydrogen (secondary N) is 1. The largest absolute Gasteiger partial charge is 0.481 e. The third kappa shape index (κ3) is 3.46. The molecular formula is C18H24N2O3S. The fraction of sp³-hybridized carbons (Fsp3) is 0.611. The molecule has 24 heavy (non-hydrogen) atoms. The van der Waals surface area contributed by atoms with Gasteiger partial charge in [-0.05, 0) is 43.6 Å². The number of rotatable bonds is 6. The molecule has 1 aliphatic rings. The molecule has 1 heterocycles. The van der Waals surface area contributed by atoms with Crippen molar-refractivity contribution in [1.29, 1.82) is 5.26 Å². The average Bonchev–Trinajstić information content (AvgIpc) is 2.88. The Morgan fingerprint density at radius 3 is 2.62 bits per heavy atom. The second-order valence-corrected chi connectivity index (χ2v) is 7.79. The molecule has 0 spiro atoms. The highest BCUT2D eigenvalue weighted by Crippen LogP contribution is 2.40. The number of aliphatic carboxylic acids is 1. The summed E-state index contributed by atoms with van der Waals surface area (Å²) in [5.41, 5.74) is 0.581. The highest BCUT2D eigenvalue weighted by Gasteiger charge is 2.37. The molecule has 5 nitrogen and oxygen atoms in total. The van der Waals surface area contributed by atoms with Crippen molar-refractivity contribution < 1.29 is 14.7 Å². The van der Waals surface area contributed by atoms with E-state index in [4.69, 9.17) is 0 Å². The second kappa shape index (κ2) is 7.35. The monoisotopic (exact) mass is 348 g/mol. The van der Waals surface area contributed by atoms with Gasteiger partial charge in [-0.25, -0.2) is 0 Å². The number of carbonyl (C=O) groups excluding carboxylic acids is 1. The summed E-state index contributed by atoms with van der Waals surface area (Å²) in [4.78, 5) is 25.2. The molecule has 130 valence electrons. The summed E-state index contributed by atoms with van der Waals surface area (Å²) in [5.74, 6) is -0.683. The summed E-state index contributed by atoms with van der Waals surface area (Å²) in [7, 11) is 0. The van der Waals surface area contributed by atoms with E-state index in [1.54, 1.807) is 13.8 Å². The molecule has 2 N–H and O–H groups in total. The van der Waals surface area contributed by atoms with Gasteiger partial charge in [-0.3, -0.25) is 9.59 Å². The predicted octanol–water partition coefficient (Wildman–Crippen LogP) is 3.96. The van der Waals surface area contributed by atoms with Gasteiger partial charge in [0.1, 0.15) is 11.1 Å². The van der Waals surface area contributed by atoms with E-state index < -0.39 is 11.4 Å². The minimum Gasteiger partial charge on any atom is -0.481 e. The molecule has 0 saturated heterocycles. The zero-order chi connectivity index (χ0) is 17.9. The first kappa shape index (κ1) is 18.5. The molecule has 2 rings (SSSR count). The quantitative estimate of drug-likeness (QED) is 0.814. The Morgan fingerprint density at radius 1 is 1.42 bits per heavy atom. The lowest BCUT2D eigenvalue weighted by molar-refractivity contribution is -0.151. The number of hydrogen-bond donors (Lipinski definition) is 2. The molecule has 6 heteroatoms. The summed E-state index contributed by atoms with van der Waals surface area (Å²) >= 11 is 1.47. The maximum absolute atomic E-state index is 12.4. The number of fused-ring (bicyclic) bond motifs is 1. The van der Waals surface area contributed by atoms with Crippen LogP contribution in [0.1, 0.15) is 62.5 Å². The molecule has 1 aromatic rings. The van der Waals surface area contributed by atoms with Crippen LogP contribution in [0.4, 0.5) is 5.00 Å². The second-order valence-electron chi connectivity index (χ2n) is 6.69. The number of carbonyl (C=O) groups is 2. The third-order valence-electron chi connectivity index (χ3n) is 5.18. The number of amides is 1. The lowest BCUT2D eigenvalue weighted by Gasteiger charge is -2.25. The lowest BCUT2D eigenvalue weighted by Crippen LogP contribution is -2.34. The molecule has 0 aliphatic heterocycles. The van der Waals surface area contributed by atoms with Crippen molar-refractivity contribution in [3.8, 4) is 6.07 Å². The van der Waals surface area contributed by atoms with Crippen molar-refractivity contribution in [2.45, 2.75) is 59.3 Å². The van der Waals surface area contributed by atoms with Gasteiger partial charge < -0.3 is 10.4 Å². The van der Waals surface area contributed by atoms with Crippen molar-refractivity contribution in [2.75, 3.05) is 5.32 Å². The van der Waals surface area contributed by atoms with E-state index in [1.807, 2.05) is 0 Å². The number of carboxylic acids is 1. The molecule has 0 bridgehead atoms. The fourth-order valence-corrected chi connectivity index (χ4v) is 4.69. The first-order valence-corrected chi connectivity index (χ1v) is 9.26. The van der Waals surface area contributed by atoms with Gasteiger partial charge >= 0.3 is 5.97 Å². The average molecular weight is 348 g/mol. The molecule has 1 amide bonds. The van der Waals surface area contributed by atoms with Crippen molar-refractivity contribution in [2.24, 2.45) is 11.3 Å². The Hall–Kier alpha value is -1.87. The lowest BCUT2D eigenvalue weighted by atomic mass is 9.79. The third-order valence-corrected chi connectivity index (χ3v) is 6.35. The maximum Gasteiger partial charge on any atom is 0.310 e. The van der Waals surface area contributed by atoms with E-state index in [9.17, 15) is 20.0 Å². The summed E-state index contributed by atoms with van der Waals surface area (Å²) < 4.78 is 0. The molecule has 0 fully saturated rings. The van der Waals surface area contributed by atoms with Crippen LogP contribution in [0.3, 0.4) is 0 Å². The Morgan fingerprint density at radius 2 is 2.08 bits per heavy atom. The Kier molecular flexibility index (Phi) is 5.66. The van der Waals surface area contributed by atoms with Gasteiger partial charge in [-0.1, -0.05) is 20.8 Å². The zero-order valence-corrected chi connectivity index (χ0v) is 15.3. The predicted molar refractivity (Wildman–Crippen MR) is 94.1 cm³/mol. The van der Waals surface area contributed by atoms with Gasteiger partial charge in [0.05, 0.1) is 11.0 Å². The Balaban J connectivity index is 2.21. The number of anilines is 1. The topological polar surface area (TPSA) is 90.2 Å². The summed E-state index contributed by atoms with van der Waals surface area (Å²) in [6, 6.07) is 2.22. The van der Waals surface area contributed by atoms with Crippen LogP contribution < -0.4 is 5.32 Å².